The van der Waals surface area contributed by atoms with Crippen molar-refractivity contribution >= 4 is 28.8 Å². The molecule has 2 aromatic rings. The molecule has 0 N–H and O–H groups in total. The van der Waals surface area contributed by atoms with E-state index in [-0.39, 0.29) is 11.9 Å². The molecule has 0 saturated heterocycles. The number of hydrogen-bond donors (Lipinski definition) is 0. The Labute approximate surface area is 128 Å². The van der Waals surface area contributed by atoms with Gasteiger partial charge in [-0.3, -0.25) is 4.79 Å². The maximum Gasteiger partial charge on any atom is 0.254 e. The normalized spacial score (nSPS) is 12.2. The minimum absolute atomic E-state index is 0.0356. The van der Waals surface area contributed by atoms with Gasteiger partial charge in [-0.15, -0.1) is 11.3 Å². The Balaban J connectivity index is 2.23. The number of nitrogens with zero attached hydrogens (tertiary/aromatic N) is 2. The van der Waals surface area contributed by atoms with Gasteiger partial charge >= 0.3 is 0 Å². The molecule has 1 unspecified atom stereocenters. The van der Waals surface area contributed by atoms with Crippen molar-refractivity contribution in [2.45, 2.75) is 26.8 Å². The lowest BCUT2D eigenvalue weighted by molar-refractivity contribution is 0.0744. The number of pyridine rings is 1. The van der Waals surface area contributed by atoms with Crippen molar-refractivity contribution in [3.63, 3.8) is 0 Å². The molecule has 0 radical (unpaired) electrons. The first-order valence-corrected chi connectivity index (χ1v) is 7.55. The number of carbonyl (C=O) groups excluding carboxylic acids is 1. The number of amides is 1. The topological polar surface area (TPSA) is 33.2 Å². The van der Waals surface area contributed by atoms with Gasteiger partial charge < -0.3 is 4.90 Å². The summed E-state index contributed by atoms with van der Waals surface area (Å²) in [5, 5.41) is 0.348. The molecular weight excluding hydrogens is 292 g/mol. The molecule has 106 valence electrons. The second kappa shape index (κ2) is 5.94. The minimum atomic E-state index is -0.0454. The third-order valence-corrected chi connectivity index (χ3v) is 4.61. The number of aryl methyl sites for hydroxylation is 2. The lowest BCUT2D eigenvalue weighted by atomic mass is 10.1. The van der Waals surface area contributed by atoms with Crippen molar-refractivity contribution in [3.8, 4) is 0 Å². The van der Waals surface area contributed by atoms with Crippen molar-refractivity contribution in [1.29, 1.82) is 0 Å². The summed E-state index contributed by atoms with van der Waals surface area (Å²) in [5.41, 5.74) is 1.32. The summed E-state index contributed by atoms with van der Waals surface area (Å²) in [5.74, 6) is -0.0454. The van der Waals surface area contributed by atoms with Crippen LogP contribution in [0.2, 0.25) is 5.15 Å². The highest BCUT2D eigenvalue weighted by Crippen LogP contribution is 2.27. The molecule has 0 fully saturated rings. The monoisotopic (exact) mass is 308 g/mol. The van der Waals surface area contributed by atoms with Crippen LogP contribution in [-0.2, 0) is 0 Å². The van der Waals surface area contributed by atoms with Gasteiger partial charge in [0.25, 0.3) is 5.91 Å². The summed E-state index contributed by atoms with van der Waals surface area (Å²) in [7, 11) is 1.81. The minimum Gasteiger partial charge on any atom is -0.334 e. The Morgan fingerprint density at radius 3 is 2.60 bits per heavy atom. The predicted molar refractivity (Wildman–Crippen MR) is 83.5 cm³/mol. The van der Waals surface area contributed by atoms with E-state index in [0.29, 0.717) is 10.7 Å². The molecule has 2 aromatic heterocycles. The van der Waals surface area contributed by atoms with Crippen LogP contribution >= 0.6 is 22.9 Å². The zero-order chi connectivity index (χ0) is 14.9. The Kier molecular flexibility index (Phi) is 4.45. The Bertz CT molecular complexity index is 618. The fourth-order valence-corrected chi connectivity index (χ4v) is 3.22. The highest BCUT2D eigenvalue weighted by Gasteiger charge is 2.20. The van der Waals surface area contributed by atoms with Gasteiger partial charge in [0.1, 0.15) is 5.15 Å². The summed E-state index contributed by atoms with van der Waals surface area (Å²) >= 11 is 7.63. The molecule has 20 heavy (non-hydrogen) atoms. The smallest absolute Gasteiger partial charge is 0.254 e. The first kappa shape index (κ1) is 15.0. The molecule has 2 heterocycles. The average Bonchev–Trinajstić information content (AvgIpc) is 2.81. The van der Waals surface area contributed by atoms with Crippen molar-refractivity contribution in [1.82, 2.24) is 9.88 Å². The summed E-state index contributed by atoms with van der Waals surface area (Å²) in [6.45, 7) is 5.92. The second-order valence-electron chi connectivity index (χ2n) is 4.86. The van der Waals surface area contributed by atoms with E-state index in [2.05, 4.69) is 24.0 Å². The number of hydrogen-bond acceptors (Lipinski definition) is 3. The van der Waals surface area contributed by atoms with Crippen molar-refractivity contribution in [3.05, 3.63) is 50.4 Å². The number of carbonyl (C=O) groups is 1. The zero-order valence-corrected chi connectivity index (χ0v) is 13.5. The fraction of sp³-hybridized carbons (Fsp3) is 0.333. The molecule has 0 aromatic carbocycles. The molecule has 1 atom stereocenters. The third-order valence-electron chi connectivity index (χ3n) is 3.24. The molecule has 2 rings (SSSR count). The molecule has 0 aliphatic rings. The van der Waals surface area contributed by atoms with Gasteiger partial charge in [0.15, 0.2) is 0 Å². The molecule has 3 nitrogen and oxygen atoms in total. The summed E-state index contributed by atoms with van der Waals surface area (Å²) < 4.78 is 0. The Hall–Kier alpha value is -1.39. The third kappa shape index (κ3) is 3.19. The number of rotatable bonds is 3. The molecule has 5 heteroatoms. The second-order valence-corrected chi connectivity index (χ2v) is 6.57. The van der Waals surface area contributed by atoms with Crippen LogP contribution in [0.3, 0.4) is 0 Å². The van der Waals surface area contributed by atoms with Crippen LogP contribution in [0.5, 0.6) is 0 Å². The van der Waals surface area contributed by atoms with Crippen LogP contribution in [0.1, 0.15) is 38.8 Å². The lowest BCUT2D eigenvalue weighted by Gasteiger charge is -2.24. The van der Waals surface area contributed by atoms with E-state index in [1.807, 2.05) is 20.9 Å². The van der Waals surface area contributed by atoms with Gasteiger partial charge in [-0.2, -0.15) is 0 Å². The van der Waals surface area contributed by atoms with Gasteiger partial charge in [0.2, 0.25) is 0 Å². The largest absolute Gasteiger partial charge is 0.334 e. The zero-order valence-electron chi connectivity index (χ0n) is 12.0. The van der Waals surface area contributed by atoms with E-state index in [0.717, 1.165) is 5.69 Å². The lowest BCUT2D eigenvalue weighted by Crippen LogP contribution is -2.29. The van der Waals surface area contributed by atoms with Crippen LogP contribution in [0.25, 0.3) is 0 Å². The SMILES string of the molecule is Cc1cc(C(=O)N(C)C(C)c2ccc(C)s2)cc(Cl)n1. The van der Waals surface area contributed by atoms with Gasteiger partial charge in [-0.25, -0.2) is 4.98 Å². The van der Waals surface area contributed by atoms with Crippen LogP contribution in [-0.4, -0.2) is 22.8 Å². The van der Waals surface area contributed by atoms with Crippen LogP contribution in [0, 0.1) is 13.8 Å². The van der Waals surface area contributed by atoms with Gasteiger partial charge in [-0.1, -0.05) is 11.6 Å². The summed E-state index contributed by atoms with van der Waals surface area (Å²) in [6, 6.07) is 7.55. The molecule has 1 amide bonds. The maximum atomic E-state index is 12.5. The average molecular weight is 309 g/mol. The first-order chi connectivity index (χ1) is 9.38. The van der Waals surface area contributed by atoms with Crippen molar-refractivity contribution in [2.75, 3.05) is 7.05 Å². The van der Waals surface area contributed by atoms with Gasteiger partial charge in [0.05, 0.1) is 6.04 Å². The molecular formula is C15H17ClN2OS. The van der Waals surface area contributed by atoms with Gasteiger partial charge in [-0.05, 0) is 45.0 Å². The molecule has 0 aliphatic carbocycles. The van der Waals surface area contributed by atoms with E-state index >= 15 is 0 Å². The first-order valence-electron chi connectivity index (χ1n) is 6.36. The van der Waals surface area contributed by atoms with Crippen LogP contribution in [0.4, 0.5) is 0 Å². The van der Waals surface area contributed by atoms with E-state index in [4.69, 9.17) is 11.6 Å². The molecule has 0 aliphatic heterocycles. The van der Waals surface area contributed by atoms with E-state index in [9.17, 15) is 4.79 Å². The summed E-state index contributed by atoms with van der Waals surface area (Å²) in [4.78, 5) is 20.7. The Morgan fingerprint density at radius 1 is 1.35 bits per heavy atom. The van der Waals surface area contributed by atoms with E-state index in [1.54, 1.807) is 28.4 Å². The molecule has 0 saturated carbocycles. The molecule has 0 bridgehead atoms. The fourth-order valence-electron chi connectivity index (χ4n) is 2.00. The van der Waals surface area contributed by atoms with Crippen LogP contribution in [0.15, 0.2) is 24.3 Å². The highest BCUT2D eigenvalue weighted by atomic mass is 35.5. The standard InChI is InChI=1S/C15H17ClN2OS/c1-9-7-12(8-14(16)17-9)15(19)18(4)11(3)13-6-5-10(2)20-13/h5-8,11H,1-4H3. The quantitative estimate of drug-likeness (QED) is 0.794. The Morgan fingerprint density at radius 2 is 2.05 bits per heavy atom. The summed E-state index contributed by atoms with van der Waals surface area (Å²) in [6.07, 6.45) is 0. The predicted octanol–water partition coefficient (Wildman–Crippen LogP) is 4.25. The highest BCUT2D eigenvalue weighted by molar-refractivity contribution is 7.12. The number of halogens is 1. The molecule has 0 spiro atoms. The van der Waals surface area contributed by atoms with E-state index in [1.165, 1.54) is 9.75 Å². The van der Waals surface area contributed by atoms with E-state index < -0.39 is 0 Å². The van der Waals surface area contributed by atoms with Gasteiger partial charge in [0, 0.05) is 28.1 Å². The number of thiophene rings is 1. The maximum absolute atomic E-state index is 12.5. The van der Waals surface area contributed by atoms with Crippen LogP contribution < -0.4 is 0 Å². The number of aromatic nitrogens is 1. The van der Waals surface area contributed by atoms with Crippen molar-refractivity contribution in [2.24, 2.45) is 0 Å². The van der Waals surface area contributed by atoms with Crippen molar-refractivity contribution < 1.29 is 4.79 Å².